The summed E-state index contributed by atoms with van der Waals surface area (Å²) in [6.07, 6.45) is 0.942. The van der Waals surface area contributed by atoms with Crippen LogP contribution in [0.3, 0.4) is 0 Å². The van der Waals surface area contributed by atoms with Crippen molar-refractivity contribution < 1.29 is 4.79 Å². The van der Waals surface area contributed by atoms with Crippen LogP contribution in [0.4, 0.5) is 5.69 Å². The molecule has 0 bridgehead atoms. The first-order valence-corrected chi connectivity index (χ1v) is 11.6. The number of benzene rings is 2. The topological polar surface area (TPSA) is 90.0 Å². The number of nitrogens with one attached hydrogen (secondary N) is 1. The molecule has 6 nitrogen and oxygen atoms in total. The Bertz CT molecular complexity index is 1280. The minimum absolute atomic E-state index is 0.181. The zero-order chi connectivity index (χ0) is 22.0. The molecule has 1 unspecified atom stereocenters. The number of fused-ring (bicyclic) bond motifs is 1. The lowest BCUT2D eigenvalue weighted by Gasteiger charge is -2.13. The van der Waals surface area contributed by atoms with Gasteiger partial charge in [-0.15, -0.1) is 11.3 Å². The summed E-state index contributed by atoms with van der Waals surface area (Å²) < 4.78 is 1.03. The van der Waals surface area contributed by atoms with Gasteiger partial charge < -0.3 is 11.2 Å². The van der Waals surface area contributed by atoms with Crippen molar-refractivity contribution in [3.05, 3.63) is 75.9 Å². The molecule has 1 atom stereocenters. The quantitative estimate of drug-likeness (QED) is 0.256. The summed E-state index contributed by atoms with van der Waals surface area (Å²) in [5.41, 5.74) is 3.37. The zero-order valence-corrected chi connectivity index (χ0v) is 18.8. The molecule has 0 fully saturated rings. The van der Waals surface area contributed by atoms with Crippen LogP contribution >= 0.6 is 23.1 Å². The molecular formula is C23H22N4O2S2. The van der Waals surface area contributed by atoms with Crippen molar-refractivity contribution in [3.8, 4) is 11.1 Å². The van der Waals surface area contributed by atoms with Gasteiger partial charge in [0.15, 0.2) is 5.16 Å². The molecule has 0 saturated heterocycles. The molecule has 0 radical (unpaired) electrons. The van der Waals surface area contributed by atoms with Crippen LogP contribution < -0.4 is 16.7 Å². The van der Waals surface area contributed by atoms with E-state index in [4.69, 9.17) is 5.84 Å². The average Bonchev–Trinajstić information content (AvgIpc) is 3.22. The van der Waals surface area contributed by atoms with Crippen LogP contribution in [0.25, 0.3) is 21.3 Å². The number of nitrogens with two attached hydrogens (primary N) is 1. The predicted octanol–water partition coefficient (Wildman–Crippen LogP) is 4.52. The van der Waals surface area contributed by atoms with Gasteiger partial charge >= 0.3 is 0 Å². The molecule has 2 heterocycles. The highest BCUT2D eigenvalue weighted by Crippen LogP contribution is 2.32. The summed E-state index contributed by atoms with van der Waals surface area (Å²) in [6.45, 7) is 3.85. The Balaban J connectivity index is 1.57. The molecule has 0 aliphatic heterocycles. The van der Waals surface area contributed by atoms with Gasteiger partial charge in [-0.05, 0) is 36.6 Å². The molecule has 4 aromatic rings. The SMILES string of the molecule is CCc1ccc(NC(=O)C(C)Sc2nc3scc(-c4ccccc4)c3c(=O)n2N)cc1. The Morgan fingerprint density at radius 2 is 1.90 bits per heavy atom. The minimum Gasteiger partial charge on any atom is -0.334 e. The normalized spacial score (nSPS) is 12.1. The summed E-state index contributed by atoms with van der Waals surface area (Å²) in [5, 5.41) is 5.13. The molecule has 3 N–H and O–H groups in total. The number of anilines is 1. The van der Waals surface area contributed by atoms with Crippen molar-refractivity contribution in [1.82, 2.24) is 9.66 Å². The first-order valence-electron chi connectivity index (χ1n) is 9.89. The number of hydrogen-bond donors (Lipinski definition) is 2. The highest BCUT2D eigenvalue weighted by Gasteiger charge is 2.21. The Morgan fingerprint density at radius 3 is 2.58 bits per heavy atom. The van der Waals surface area contributed by atoms with Gasteiger partial charge in [0, 0.05) is 16.6 Å². The van der Waals surface area contributed by atoms with E-state index >= 15 is 0 Å². The molecular weight excluding hydrogens is 428 g/mol. The zero-order valence-electron chi connectivity index (χ0n) is 17.2. The molecule has 1 amide bonds. The molecule has 158 valence electrons. The van der Waals surface area contributed by atoms with E-state index in [0.717, 1.165) is 39.7 Å². The molecule has 2 aromatic heterocycles. The smallest absolute Gasteiger partial charge is 0.282 e. The van der Waals surface area contributed by atoms with Gasteiger partial charge in [0.25, 0.3) is 5.56 Å². The van der Waals surface area contributed by atoms with Crippen molar-refractivity contribution in [2.24, 2.45) is 0 Å². The van der Waals surface area contributed by atoms with E-state index < -0.39 is 5.25 Å². The summed E-state index contributed by atoms with van der Waals surface area (Å²) in [7, 11) is 0. The number of nitrogens with zero attached hydrogens (tertiary/aromatic N) is 2. The van der Waals surface area contributed by atoms with E-state index in [1.807, 2.05) is 60.0 Å². The van der Waals surface area contributed by atoms with Gasteiger partial charge in [0.05, 0.1) is 10.6 Å². The average molecular weight is 451 g/mol. The molecule has 0 spiro atoms. The Labute approximate surface area is 188 Å². The number of thiophene rings is 1. The highest BCUT2D eigenvalue weighted by atomic mass is 32.2. The molecule has 4 rings (SSSR count). The Hall–Kier alpha value is -3.10. The standard InChI is InChI=1S/C23H22N4O2S2/c1-3-15-9-11-17(12-10-15)25-20(28)14(2)31-23-26-21-19(22(29)27(23)24)18(13-30-21)16-7-5-4-6-8-16/h4-14H,3,24H2,1-2H3,(H,25,28). The van der Waals surface area contributed by atoms with Crippen molar-refractivity contribution in [2.75, 3.05) is 11.2 Å². The number of thioether (sulfide) groups is 1. The van der Waals surface area contributed by atoms with Crippen LogP contribution in [0, 0.1) is 0 Å². The summed E-state index contributed by atoms with van der Waals surface area (Å²) in [5.74, 6) is 5.90. The van der Waals surface area contributed by atoms with Crippen molar-refractivity contribution in [1.29, 1.82) is 0 Å². The third-order valence-corrected chi connectivity index (χ3v) is 6.91. The maximum absolute atomic E-state index is 13.0. The van der Waals surface area contributed by atoms with Crippen LogP contribution in [-0.2, 0) is 11.2 Å². The second-order valence-corrected chi connectivity index (χ2v) is 9.23. The van der Waals surface area contributed by atoms with Crippen LogP contribution in [-0.4, -0.2) is 20.8 Å². The van der Waals surface area contributed by atoms with E-state index in [0.29, 0.717) is 15.4 Å². The maximum Gasteiger partial charge on any atom is 0.282 e. The number of nitrogen functional groups attached to an aromatic ring is 1. The van der Waals surface area contributed by atoms with Crippen LogP contribution in [0.15, 0.2) is 69.9 Å². The van der Waals surface area contributed by atoms with Crippen molar-refractivity contribution in [3.63, 3.8) is 0 Å². The second kappa shape index (κ2) is 8.95. The predicted molar refractivity (Wildman–Crippen MR) is 129 cm³/mol. The fourth-order valence-corrected chi connectivity index (χ4v) is 5.00. The third-order valence-electron chi connectivity index (χ3n) is 4.97. The van der Waals surface area contributed by atoms with Crippen molar-refractivity contribution in [2.45, 2.75) is 30.7 Å². The van der Waals surface area contributed by atoms with E-state index in [9.17, 15) is 9.59 Å². The molecule has 0 aliphatic carbocycles. The van der Waals surface area contributed by atoms with E-state index in [1.165, 1.54) is 16.9 Å². The summed E-state index contributed by atoms with van der Waals surface area (Å²) in [4.78, 5) is 30.8. The highest BCUT2D eigenvalue weighted by molar-refractivity contribution is 8.00. The number of aromatic nitrogens is 2. The van der Waals surface area contributed by atoms with Crippen molar-refractivity contribution >= 4 is 44.9 Å². The first kappa shape index (κ1) is 21.1. The number of rotatable bonds is 6. The van der Waals surface area contributed by atoms with Gasteiger partial charge in [-0.25, -0.2) is 9.66 Å². The number of amides is 1. The van der Waals surface area contributed by atoms with Gasteiger partial charge in [0.1, 0.15) is 4.83 Å². The van der Waals surface area contributed by atoms with E-state index in [2.05, 4.69) is 17.2 Å². The molecule has 0 saturated carbocycles. The lowest BCUT2D eigenvalue weighted by atomic mass is 10.1. The molecule has 0 aliphatic rings. The molecule has 2 aromatic carbocycles. The van der Waals surface area contributed by atoms with Gasteiger partial charge in [-0.3, -0.25) is 9.59 Å². The lowest BCUT2D eigenvalue weighted by molar-refractivity contribution is -0.115. The maximum atomic E-state index is 13.0. The largest absolute Gasteiger partial charge is 0.334 e. The number of hydrogen-bond acceptors (Lipinski definition) is 6. The van der Waals surface area contributed by atoms with E-state index in [-0.39, 0.29) is 11.5 Å². The minimum atomic E-state index is -0.487. The lowest BCUT2D eigenvalue weighted by Crippen LogP contribution is -2.31. The summed E-state index contributed by atoms with van der Waals surface area (Å²) >= 11 is 2.55. The van der Waals surface area contributed by atoms with Crippen LogP contribution in [0.5, 0.6) is 0 Å². The fraction of sp³-hybridized carbons (Fsp3) is 0.174. The Kier molecular flexibility index (Phi) is 6.11. The van der Waals surface area contributed by atoms with Crippen LogP contribution in [0.1, 0.15) is 19.4 Å². The monoisotopic (exact) mass is 450 g/mol. The first-order chi connectivity index (χ1) is 15.0. The van der Waals surface area contributed by atoms with Gasteiger partial charge in [-0.2, -0.15) is 0 Å². The Morgan fingerprint density at radius 1 is 1.19 bits per heavy atom. The van der Waals surface area contributed by atoms with Gasteiger partial charge in [0.2, 0.25) is 5.91 Å². The van der Waals surface area contributed by atoms with E-state index in [1.54, 1.807) is 6.92 Å². The second-order valence-electron chi connectivity index (χ2n) is 7.06. The number of carbonyl (C=O) groups is 1. The summed E-state index contributed by atoms with van der Waals surface area (Å²) in [6, 6.07) is 17.4. The fourth-order valence-electron chi connectivity index (χ4n) is 3.18. The number of carbonyl (C=O) groups excluding carboxylic acids is 1. The number of aryl methyl sites for hydroxylation is 1. The van der Waals surface area contributed by atoms with Gasteiger partial charge in [-0.1, -0.05) is 61.2 Å². The molecule has 8 heteroatoms. The third kappa shape index (κ3) is 4.35. The van der Waals surface area contributed by atoms with Crippen LogP contribution in [0.2, 0.25) is 0 Å². The molecule has 31 heavy (non-hydrogen) atoms.